The third kappa shape index (κ3) is 7.09. The number of benzene rings is 2. The highest BCUT2D eigenvalue weighted by molar-refractivity contribution is 9.10. The van der Waals surface area contributed by atoms with Gasteiger partial charge in [-0.25, -0.2) is 5.43 Å². The van der Waals surface area contributed by atoms with Gasteiger partial charge in [0.2, 0.25) is 17.8 Å². The Balaban J connectivity index is 1.33. The zero-order valence-corrected chi connectivity index (χ0v) is 22.8. The van der Waals surface area contributed by atoms with E-state index in [1.54, 1.807) is 6.21 Å². The molecule has 37 heavy (non-hydrogen) atoms. The van der Waals surface area contributed by atoms with Gasteiger partial charge in [0.25, 0.3) is 0 Å². The SMILES string of the molecule is Clc1ccc(COc2ccc(Br)cc2/C=N/Nc2nc(N3CCCCC3)nc(N3CCOCC3)n2)cc1. The van der Waals surface area contributed by atoms with Crippen LogP contribution in [0.2, 0.25) is 5.02 Å². The van der Waals surface area contributed by atoms with Gasteiger partial charge in [0.1, 0.15) is 12.4 Å². The van der Waals surface area contributed by atoms with Crippen LogP contribution in [0.4, 0.5) is 17.8 Å². The predicted molar refractivity (Wildman–Crippen MR) is 150 cm³/mol. The highest BCUT2D eigenvalue weighted by Gasteiger charge is 2.20. The summed E-state index contributed by atoms with van der Waals surface area (Å²) in [7, 11) is 0. The molecule has 3 aromatic rings. The molecule has 9 nitrogen and oxygen atoms in total. The zero-order valence-electron chi connectivity index (χ0n) is 20.4. The standard InChI is InChI=1S/C26H29BrClN7O2/c27-21-6-9-23(37-18-19-4-7-22(28)8-5-19)20(16-21)17-29-33-24-30-25(34-10-2-1-3-11-34)32-26(31-24)35-12-14-36-15-13-35/h4-9,16-17H,1-3,10-15,18H2,(H,30,31,32,33)/b29-17+. The van der Waals surface area contributed by atoms with Crippen LogP contribution in [0.1, 0.15) is 30.4 Å². The lowest BCUT2D eigenvalue weighted by atomic mass is 10.1. The molecule has 0 bridgehead atoms. The van der Waals surface area contributed by atoms with Gasteiger partial charge in [0, 0.05) is 41.2 Å². The van der Waals surface area contributed by atoms with Crippen LogP contribution in [-0.2, 0) is 11.3 Å². The number of anilines is 3. The zero-order chi connectivity index (χ0) is 25.5. The summed E-state index contributed by atoms with van der Waals surface area (Å²) in [6.07, 6.45) is 5.23. The number of nitrogens with one attached hydrogen (secondary N) is 1. The average molecular weight is 587 g/mol. The Hall–Kier alpha value is -2.95. The van der Waals surface area contributed by atoms with E-state index in [1.165, 1.54) is 6.42 Å². The van der Waals surface area contributed by atoms with Gasteiger partial charge < -0.3 is 19.3 Å². The molecule has 194 valence electrons. The van der Waals surface area contributed by atoms with Crippen LogP contribution < -0.4 is 20.0 Å². The first-order chi connectivity index (χ1) is 18.1. The van der Waals surface area contributed by atoms with E-state index in [9.17, 15) is 0 Å². The first-order valence-corrected chi connectivity index (χ1v) is 13.6. The molecule has 2 aliphatic rings. The van der Waals surface area contributed by atoms with E-state index in [2.05, 4.69) is 46.2 Å². The van der Waals surface area contributed by atoms with Crippen LogP contribution in [0.3, 0.4) is 0 Å². The van der Waals surface area contributed by atoms with Crippen LogP contribution in [0, 0.1) is 0 Å². The van der Waals surface area contributed by atoms with Crippen molar-refractivity contribution in [3.8, 4) is 5.75 Å². The third-order valence-electron chi connectivity index (χ3n) is 6.19. The van der Waals surface area contributed by atoms with E-state index in [0.717, 1.165) is 54.6 Å². The third-order valence-corrected chi connectivity index (χ3v) is 6.94. The van der Waals surface area contributed by atoms with Gasteiger partial charge in [-0.15, -0.1) is 0 Å². The van der Waals surface area contributed by atoms with E-state index < -0.39 is 0 Å². The molecule has 0 spiro atoms. The summed E-state index contributed by atoms with van der Waals surface area (Å²) >= 11 is 9.53. The molecule has 0 unspecified atom stereocenters. The van der Waals surface area contributed by atoms with Crippen LogP contribution in [0.15, 0.2) is 52.0 Å². The van der Waals surface area contributed by atoms with E-state index in [4.69, 9.17) is 26.1 Å². The van der Waals surface area contributed by atoms with Crippen molar-refractivity contribution in [1.29, 1.82) is 0 Å². The monoisotopic (exact) mass is 585 g/mol. The van der Waals surface area contributed by atoms with Crippen molar-refractivity contribution >= 4 is 51.6 Å². The fourth-order valence-corrected chi connectivity index (χ4v) is 4.70. The number of nitrogens with zero attached hydrogens (tertiary/aromatic N) is 6. The smallest absolute Gasteiger partial charge is 0.250 e. The lowest BCUT2D eigenvalue weighted by Crippen LogP contribution is -2.38. The van der Waals surface area contributed by atoms with Crippen molar-refractivity contribution in [3.63, 3.8) is 0 Å². The first-order valence-electron chi connectivity index (χ1n) is 12.4. The van der Waals surface area contributed by atoms with Crippen LogP contribution in [0.5, 0.6) is 5.75 Å². The van der Waals surface area contributed by atoms with Crippen molar-refractivity contribution in [3.05, 3.63) is 63.1 Å². The molecule has 0 radical (unpaired) electrons. The molecular weight excluding hydrogens is 558 g/mol. The van der Waals surface area contributed by atoms with Gasteiger partial charge in [-0.2, -0.15) is 20.1 Å². The summed E-state index contributed by atoms with van der Waals surface area (Å²) in [5.41, 5.74) is 4.86. The predicted octanol–water partition coefficient (Wildman–Crippen LogP) is 5.14. The number of ether oxygens (including phenoxy) is 2. The lowest BCUT2D eigenvalue weighted by Gasteiger charge is -2.30. The van der Waals surface area contributed by atoms with Crippen molar-refractivity contribution in [2.75, 3.05) is 54.6 Å². The second-order valence-electron chi connectivity index (χ2n) is 8.87. The Morgan fingerprint density at radius 3 is 2.38 bits per heavy atom. The van der Waals surface area contributed by atoms with Crippen molar-refractivity contribution in [1.82, 2.24) is 15.0 Å². The van der Waals surface area contributed by atoms with Crippen LogP contribution in [-0.4, -0.2) is 60.6 Å². The molecule has 0 aliphatic carbocycles. The molecule has 0 atom stereocenters. The van der Waals surface area contributed by atoms with E-state index in [1.807, 2.05) is 42.5 Å². The summed E-state index contributed by atoms with van der Waals surface area (Å²) < 4.78 is 12.5. The normalized spacial score (nSPS) is 16.3. The second-order valence-corrected chi connectivity index (χ2v) is 10.2. The Morgan fingerprint density at radius 2 is 1.65 bits per heavy atom. The van der Waals surface area contributed by atoms with Gasteiger partial charge in [-0.3, -0.25) is 0 Å². The fraction of sp³-hybridized carbons (Fsp3) is 0.385. The number of hydrogen-bond donors (Lipinski definition) is 1. The number of rotatable bonds is 8. The maximum absolute atomic E-state index is 6.07. The molecule has 2 aromatic carbocycles. The van der Waals surface area contributed by atoms with Crippen LogP contribution >= 0.6 is 27.5 Å². The molecule has 2 fully saturated rings. The van der Waals surface area contributed by atoms with Crippen molar-refractivity contribution in [2.24, 2.45) is 5.10 Å². The van der Waals surface area contributed by atoms with Crippen molar-refractivity contribution in [2.45, 2.75) is 25.9 Å². The lowest BCUT2D eigenvalue weighted by molar-refractivity contribution is 0.122. The average Bonchev–Trinajstić information content (AvgIpc) is 2.94. The summed E-state index contributed by atoms with van der Waals surface area (Å²) in [5, 5.41) is 5.14. The summed E-state index contributed by atoms with van der Waals surface area (Å²) in [6.45, 7) is 5.13. The van der Waals surface area contributed by atoms with Crippen LogP contribution in [0.25, 0.3) is 0 Å². The number of hydrogen-bond acceptors (Lipinski definition) is 9. The Labute approximate surface area is 230 Å². The molecule has 2 saturated heterocycles. The molecule has 5 rings (SSSR count). The minimum Gasteiger partial charge on any atom is -0.488 e. The maximum atomic E-state index is 6.07. The van der Waals surface area contributed by atoms with Gasteiger partial charge in [-0.1, -0.05) is 39.7 Å². The van der Waals surface area contributed by atoms with Gasteiger partial charge in [0.15, 0.2) is 0 Å². The largest absolute Gasteiger partial charge is 0.488 e. The Bertz CT molecular complexity index is 1180. The van der Waals surface area contributed by atoms with Crippen molar-refractivity contribution < 1.29 is 9.47 Å². The van der Waals surface area contributed by atoms with E-state index in [0.29, 0.717) is 48.4 Å². The summed E-state index contributed by atoms with van der Waals surface area (Å²) in [6, 6.07) is 13.4. The maximum Gasteiger partial charge on any atom is 0.250 e. The second kappa shape index (κ2) is 12.5. The Kier molecular flexibility index (Phi) is 8.70. The molecule has 1 aromatic heterocycles. The minimum atomic E-state index is 0.409. The number of aromatic nitrogens is 3. The van der Waals surface area contributed by atoms with E-state index in [-0.39, 0.29) is 0 Å². The number of hydrazone groups is 1. The number of piperidine rings is 1. The number of morpholine rings is 1. The van der Waals surface area contributed by atoms with Gasteiger partial charge >= 0.3 is 0 Å². The van der Waals surface area contributed by atoms with E-state index >= 15 is 0 Å². The highest BCUT2D eigenvalue weighted by atomic mass is 79.9. The minimum absolute atomic E-state index is 0.409. The number of halogens is 2. The quantitative estimate of drug-likeness (QED) is 0.287. The topological polar surface area (TPSA) is 88.0 Å². The molecule has 0 saturated carbocycles. The summed E-state index contributed by atoms with van der Waals surface area (Å²) in [4.78, 5) is 18.5. The molecular formula is C26H29BrClN7O2. The molecule has 0 amide bonds. The molecule has 11 heteroatoms. The highest BCUT2D eigenvalue weighted by Crippen LogP contribution is 2.24. The summed E-state index contributed by atoms with van der Waals surface area (Å²) in [5.74, 6) is 2.45. The molecule has 2 aliphatic heterocycles. The molecule has 1 N–H and O–H groups in total. The van der Waals surface area contributed by atoms with Gasteiger partial charge in [-0.05, 0) is 55.2 Å². The first kappa shape index (κ1) is 25.7. The molecule has 3 heterocycles. The Morgan fingerprint density at radius 1 is 0.946 bits per heavy atom. The van der Waals surface area contributed by atoms with Gasteiger partial charge in [0.05, 0.1) is 19.4 Å². The fourth-order valence-electron chi connectivity index (χ4n) is 4.20.